The second-order valence-corrected chi connectivity index (χ2v) is 5.93. The molecule has 128 valence electrons. The van der Waals surface area contributed by atoms with Crippen LogP contribution in [-0.4, -0.2) is 83.8 Å². The SMILES string of the molecule is CCC(C)C(NC(=O)CCN1CCN(CCO)CC1)C(=O)O. The number of carboxylic acids is 1. The molecule has 1 saturated heterocycles. The maximum absolute atomic E-state index is 11.9. The van der Waals surface area contributed by atoms with Gasteiger partial charge >= 0.3 is 5.97 Å². The lowest BCUT2D eigenvalue weighted by molar-refractivity contribution is -0.143. The summed E-state index contributed by atoms with van der Waals surface area (Å²) in [6.07, 6.45) is 1.03. The van der Waals surface area contributed by atoms with Gasteiger partial charge in [-0.05, 0) is 5.92 Å². The van der Waals surface area contributed by atoms with Gasteiger partial charge in [0.05, 0.1) is 6.61 Å². The number of hydrogen-bond donors (Lipinski definition) is 3. The van der Waals surface area contributed by atoms with E-state index in [0.717, 1.165) is 26.2 Å². The van der Waals surface area contributed by atoms with E-state index in [1.165, 1.54) is 0 Å². The minimum absolute atomic E-state index is 0.0801. The summed E-state index contributed by atoms with van der Waals surface area (Å²) in [4.78, 5) is 27.5. The van der Waals surface area contributed by atoms with Crippen molar-refractivity contribution in [2.24, 2.45) is 5.92 Å². The molecule has 1 rings (SSSR count). The van der Waals surface area contributed by atoms with Crippen LogP contribution in [0.3, 0.4) is 0 Å². The third kappa shape index (κ3) is 6.29. The van der Waals surface area contributed by atoms with Gasteiger partial charge in [-0.15, -0.1) is 0 Å². The quantitative estimate of drug-likeness (QED) is 0.536. The highest BCUT2D eigenvalue weighted by molar-refractivity contribution is 5.83. The molecule has 0 bridgehead atoms. The molecule has 0 aromatic carbocycles. The third-order valence-electron chi connectivity index (χ3n) is 4.33. The molecule has 0 aromatic rings. The van der Waals surface area contributed by atoms with Gasteiger partial charge in [0, 0.05) is 45.7 Å². The standard InChI is InChI=1S/C15H29N3O4/c1-3-12(2)14(15(21)22)16-13(20)4-5-17-6-8-18(9-7-17)10-11-19/h12,14,19H,3-11H2,1-2H3,(H,16,20)(H,21,22). The first-order valence-corrected chi connectivity index (χ1v) is 8.05. The van der Waals surface area contributed by atoms with Crippen LogP contribution in [0, 0.1) is 5.92 Å². The van der Waals surface area contributed by atoms with E-state index in [4.69, 9.17) is 10.2 Å². The predicted molar refractivity (Wildman–Crippen MR) is 83.6 cm³/mol. The summed E-state index contributed by atoms with van der Waals surface area (Å²) in [6.45, 7) is 8.81. The van der Waals surface area contributed by atoms with Gasteiger partial charge in [0.15, 0.2) is 0 Å². The van der Waals surface area contributed by atoms with Gasteiger partial charge in [-0.25, -0.2) is 4.79 Å². The Morgan fingerprint density at radius 2 is 1.68 bits per heavy atom. The van der Waals surface area contributed by atoms with Crippen molar-refractivity contribution >= 4 is 11.9 Å². The van der Waals surface area contributed by atoms with E-state index in [2.05, 4.69) is 15.1 Å². The molecule has 22 heavy (non-hydrogen) atoms. The fourth-order valence-corrected chi connectivity index (χ4v) is 2.57. The van der Waals surface area contributed by atoms with E-state index in [1.807, 2.05) is 13.8 Å². The maximum Gasteiger partial charge on any atom is 0.326 e. The van der Waals surface area contributed by atoms with Crippen LogP contribution in [0.4, 0.5) is 0 Å². The summed E-state index contributed by atoms with van der Waals surface area (Å²) in [7, 11) is 0. The summed E-state index contributed by atoms with van der Waals surface area (Å²) in [5.74, 6) is -1.26. The summed E-state index contributed by atoms with van der Waals surface area (Å²) < 4.78 is 0. The number of aliphatic hydroxyl groups excluding tert-OH is 1. The Balaban J connectivity index is 2.29. The highest BCUT2D eigenvalue weighted by atomic mass is 16.4. The minimum atomic E-state index is -0.972. The molecule has 3 N–H and O–H groups in total. The number of piperazine rings is 1. The van der Waals surface area contributed by atoms with Crippen LogP contribution >= 0.6 is 0 Å². The minimum Gasteiger partial charge on any atom is -0.480 e. The average Bonchev–Trinajstić information content (AvgIpc) is 2.51. The number of carboxylic acid groups (broad SMARTS) is 1. The lowest BCUT2D eigenvalue weighted by Crippen LogP contribution is -2.49. The van der Waals surface area contributed by atoms with Gasteiger partial charge in [0.2, 0.25) is 5.91 Å². The second kappa shape index (κ2) is 9.76. The normalized spacial score (nSPS) is 19.6. The maximum atomic E-state index is 11.9. The molecule has 0 radical (unpaired) electrons. The Kier molecular flexibility index (Phi) is 8.37. The Bertz CT molecular complexity index is 357. The Hall–Kier alpha value is -1.18. The predicted octanol–water partition coefficient (Wildman–Crippen LogP) is -0.398. The molecule has 2 atom stereocenters. The fraction of sp³-hybridized carbons (Fsp3) is 0.867. The first-order valence-electron chi connectivity index (χ1n) is 8.05. The molecule has 0 spiro atoms. The topological polar surface area (TPSA) is 93.1 Å². The number of nitrogens with one attached hydrogen (secondary N) is 1. The van der Waals surface area contributed by atoms with Crippen LogP contribution in [0.25, 0.3) is 0 Å². The summed E-state index contributed by atoms with van der Waals surface area (Å²) in [6, 6.07) is -0.807. The molecule has 1 aliphatic rings. The van der Waals surface area contributed by atoms with Crippen molar-refractivity contribution in [3.63, 3.8) is 0 Å². The van der Waals surface area contributed by atoms with Crippen molar-refractivity contribution in [2.75, 3.05) is 45.9 Å². The van der Waals surface area contributed by atoms with Crippen molar-refractivity contribution in [2.45, 2.75) is 32.7 Å². The Morgan fingerprint density at radius 3 is 2.14 bits per heavy atom. The molecule has 7 nitrogen and oxygen atoms in total. The van der Waals surface area contributed by atoms with Crippen molar-refractivity contribution in [1.29, 1.82) is 0 Å². The molecular formula is C15H29N3O4. The number of nitrogens with zero attached hydrogens (tertiary/aromatic N) is 2. The third-order valence-corrected chi connectivity index (χ3v) is 4.33. The number of amides is 1. The van der Waals surface area contributed by atoms with Crippen molar-refractivity contribution < 1.29 is 19.8 Å². The van der Waals surface area contributed by atoms with Crippen LogP contribution < -0.4 is 5.32 Å². The van der Waals surface area contributed by atoms with Crippen molar-refractivity contribution in [3.8, 4) is 0 Å². The number of hydrogen-bond acceptors (Lipinski definition) is 5. The van der Waals surface area contributed by atoms with Crippen molar-refractivity contribution in [3.05, 3.63) is 0 Å². The summed E-state index contributed by atoms with van der Waals surface area (Å²) in [5, 5.41) is 20.7. The van der Waals surface area contributed by atoms with Gasteiger partial charge in [0.25, 0.3) is 0 Å². The zero-order chi connectivity index (χ0) is 16.5. The van der Waals surface area contributed by atoms with Gasteiger partial charge in [-0.2, -0.15) is 0 Å². The number of aliphatic hydroxyl groups is 1. The molecule has 0 saturated carbocycles. The van der Waals surface area contributed by atoms with E-state index >= 15 is 0 Å². The highest BCUT2D eigenvalue weighted by Gasteiger charge is 2.25. The second-order valence-electron chi connectivity index (χ2n) is 5.93. The lowest BCUT2D eigenvalue weighted by Gasteiger charge is -2.34. The smallest absolute Gasteiger partial charge is 0.326 e. The molecule has 7 heteroatoms. The monoisotopic (exact) mass is 315 g/mol. The van der Waals surface area contributed by atoms with Gasteiger partial charge < -0.3 is 20.4 Å². The van der Waals surface area contributed by atoms with E-state index in [1.54, 1.807) is 0 Å². The van der Waals surface area contributed by atoms with Crippen LogP contribution in [-0.2, 0) is 9.59 Å². The van der Waals surface area contributed by atoms with Crippen LogP contribution in [0.15, 0.2) is 0 Å². The number of β-amino-alcohol motifs (C(OH)–C–C–N with tert-alkyl or cyclic N) is 1. The van der Waals surface area contributed by atoms with E-state index in [-0.39, 0.29) is 18.4 Å². The molecule has 1 fully saturated rings. The van der Waals surface area contributed by atoms with Gasteiger partial charge in [-0.1, -0.05) is 20.3 Å². The lowest BCUT2D eigenvalue weighted by atomic mass is 9.99. The molecule has 1 aliphatic heterocycles. The molecule has 1 amide bonds. The molecule has 0 aromatic heterocycles. The van der Waals surface area contributed by atoms with Crippen molar-refractivity contribution in [1.82, 2.24) is 15.1 Å². The number of carbonyl (C=O) groups excluding carboxylic acids is 1. The average molecular weight is 315 g/mol. The largest absolute Gasteiger partial charge is 0.480 e. The zero-order valence-electron chi connectivity index (χ0n) is 13.6. The Labute approximate surface area is 132 Å². The number of aliphatic carboxylic acids is 1. The molecule has 2 unspecified atom stereocenters. The summed E-state index contributed by atoms with van der Waals surface area (Å²) >= 11 is 0. The van der Waals surface area contributed by atoms with E-state index in [0.29, 0.717) is 25.9 Å². The fourth-order valence-electron chi connectivity index (χ4n) is 2.57. The van der Waals surface area contributed by atoms with Crippen LogP contribution in [0.1, 0.15) is 26.7 Å². The van der Waals surface area contributed by atoms with Gasteiger partial charge in [-0.3, -0.25) is 9.69 Å². The number of carbonyl (C=O) groups is 2. The Morgan fingerprint density at radius 1 is 1.14 bits per heavy atom. The molecule has 1 heterocycles. The highest BCUT2D eigenvalue weighted by Crippen LogP contribution is 2.08. The van der Waals surface area contributed by atoms with Crippen LogP contribution in [0.2, 0.25) is 0 Å². The zero-order valence-corrected chi connectivity index (χ0v) is 13.6. The van der Waals surface area contributed by atoms with Gasteiger partial charge in [0.1, 0.15) is 6.04 Å². The van der Waals surface area contributed by atoms with E-state index < -0.39 is 12.0 Å². The molecular weight excluding hydrogens is 286 g/mol. The number of rotatable bonds is 9. The summed E-state index contributed by atoms with van der Waals surface area (Å²) in [5.41, 5.74) is 0. The molecule has 0 aliphatic carbocycles. The first-order chi connectivity index (χ1) is 10.5. The van der Waals surface area contributed by atoms with E-state index in [9.17, 15) is 9.59 Å². The first kappa shape index (κ1) is 18.9. The van der Waals surface area contributed by atoms with Crippen LogP contribution in [0.5, 0.6) is 0 Å².